The van der Waals surface area contributed by atoms with E-state index in [1.807, 2.05) is 36.5 Å². The van der Waals surface area contributed by atoms with Crippen molar-refractivity contribution in [1.29, 1.82) is 0 Å². The van der Waals surface area contributed by atoms with Gasteiger partial charge in [0.05, 0.1) is 14.2 Å². The predicted octanol–water partition coefficient (Wildman–Crippen LogP) is 2.39. The number of hydrogen-bond acceptors (Lipinski definition) is 4. The van der Waals surface area contributed by atoms with Crippen molar-refractivity contribution in [3.8, 4) is 11.6 Å². The van der Waals surface area contributed by atoms with Crippen molar-refractivity contribution in [1.82, 2.24) is 10.3 Å². The molecule has 100 valence electrons. The smallest absolute Gasteiger partial charge is 0.212 e. The number of hydrogen-bond donors (Lipinski definition) is 1. The number of rotatable bonds is 6. The van der Waals surface area contributed by atoms with Gasteiger partial charge < -0.3 is 14.8 Å². The molecule has 4 heteroatoms. The highest BCUT2D eigenvalue weighted by molar-refractivity contribution is 5.33. The highest BCUT2D eigenvalue weighted by Gasteiger charge is 2.01. The van der Waals surface area contributed by atoms with Gasteiger partial charge in [0, 0.05) is 30.9 Å². The summed E-state index contributed by atoms with van der Waals surface area (Å²) in [5.74, 6) is 1.54. The van der Waals surface area contributed by atoms with Gasteiger partial charge in [-0.1, -0.05) is 24.3 Å². The Labute approximate surface area is 113 Å². The van der Waals surface area contributed by atoms with E-state index in [0.29, 0.717) is 5.88 Å². The SMILES string of the molecule is COc1ccc(CNCc2ccccc2OC)cn1. The minimum atomic E-state index is 0.633. The van der Waals surface area contributed by atoms with E-state index >= 15 is 0 Å². The number of aromatic nitrogens is 1. The first-order valence-corrected chi connectivity index (χ1v) is 6.15. The normalized spacial score (nSPS) is 10.2. The van der Waals surface area contributed by atoms with Crippen molar-refractivity contribution in [3.05, 3.63) is 53.7 Å². The summed E-state index contributed by atoms with van der Waals surface area (Å²) in [5, 5.41) is 3.37. The minimum Gasteiger partial charge on any atom is -0.496 e. The molecule has 1 N–H and O–H groups in total. The minimum absolute atomic E-state index is 0.633. The Hall–Kier alpha value is -2.07. The number of pyridine rings is 1. The first kappa shape index (κ1) is 13.4. The molecule has 1 aromatic heterocycles. The highest BCUT2D eigenvalue weighted by atomic mass is 16.5. The highest BCUT2D eigenvalue weighted by Crippen LogP contribution is 2.16. The fraction of sp³-hybridized carbons (Fsp3) is 0.267. The zero-order valence-corrected chi connectivity index (χ0v) is 11.2. The van der Waals surface area contributed by atoms with E-state index in [-0.39, 0.29) is 0 Å². The van der Waals surface area contributed by atoms with Crippen LogP contribution >= 0.6 is 0 Å². The Bertz CT molecular complexity index is 512. The first-order valence-electron chi connectivity index (χ1n) is 6.15. The summed E-state index contributed by atoms with van der Waals surface area (Å²) in [6, 6.07) is 11.9. The van der Waals surface area contributed by atoms with Gasteiger partial charge in [-0.2, -0.15) is 0 Å². The molecule has 19 heavy (non-hydrogen) atoms. The summed E-state index contributed by atoms with van der Waals surface area (Å²) >= 11 is 0. The van der Waals surface area contributed by atoms with E-state index in [2.05, 4.69) is 16.4 Å². The number of methoxy groups -OCH3 is 2. The zero-order valence-electron chi connectivity index (χ0n) is 11.2. The Morgan fingerprint density at radius 3 is 2.53 bits per heavy atom. The van der Waals surface area contributed by atoms with Gasteiger partial charge in [-0.05, 0) is 11.6 Å². The molecule has 0 saturated heterocycles. The predicted molar refractivity (Wildman–Crippen MR) is 74.3 cm³/mol. The van der Waals surface area contributed by atoms with Crippen LogP contribution in [-0.4, -0.2) is 19.2 Å². The van der Waals surface area contributed by atoms with Crippen LogP contribution in [0.15, 0.2) is 42.6 Å². The molecule has 0 radical (unpaired) electrons. The van der Waals surface area contributed by atoms with Gasteiger partial charge in [0.1, 0.15) is 5.75 Å². The molecule has 0 amide bonds. The van der Waals surface area contributed by atoms with E-state index < -0.39 is 0 Å². The average molecular weight is 258 g/mol. The molecule has 1 heterocycles. The maximum atomic E-state index is 5.31. The summed E-state index contributed by atoms with van der Waals surface area (Å²) in [6.07, 6.45) is 1.81. The van der Waals surface area contributed by atoms with Gasteiger partial charge in [-0.3, -0.25) is 0 Å². The van der Waals surface area contributed by atoms with Crippen LogP contribution in [0, 0.1) is 0 Å². The van der Waals surface area contributed by atoms with Crippen LogP contribution in [0.3, 0.4) is 0 Å². The molecule has 0 aliphatic rings. The van der Waals surface area contributed by atoms with Crippen molar-refractivity contribution in [2.24, 2.45) is 0 Å². The molecule has 0 aliphatic carbocycles. The van der Waals surface area contributed by atoms with E-state index in [1.165, 1.54) is 0 Å². The van der Waals surface area contributed by atoms with E-state index in [1.54, 1.807) is 14.2 Å². The van der Waals surface area contributed by atoms with Crippen molar-refractivity contribution in [2.45, 2.75) is 13.1 Å². The Morgan fingerprint density at radius 2 is 1.84 bits per heavy atom. The van der Waals surface area contributed by atoms with Crippen molar-refractivity contribution in [2.75, 3.05) is 14.2 Å². The summed E-state index contributed by atoms with van der Waals surface area (Å²) in [5.41, 5.74) is 2.27. The van der Waals surface area contributed by atoms with Gasteiger partial charge in [0.2, 0.25) is 5.88 Å². The Morgan fingerprint density at radius 1 is 1.00 bits per heavy atom. The molecule has 4 nitrogen and oxygen atoms in total. The van der Waals surface area contributed by atoms with Gasteiger partial charge in [0.15, 0.2) is 0 Å². The number of nitrogens with one attached hydrogen (secondary N) is 1. The molecule has 0 spiro atoms. The standard InChI is InChI=1S/C15H18N2O2/c1-18-14-6-4-3-5-13(14)11-16-9-12-7-8-15(19-2)17-10-12/h3-8,10,16H,9,11H2,1-2H3. The maximum Gasteiger partial charge on any atom is 0.212 e. The van der Waals surface area contributed by atoms with Crippen LogP contribution in [0.25, 0.3) is 0 Å². The third-order valence-corrected chi connectivity index (χ3v) is 2.84. The Kier molecular flexibility index (Phi) is 4.75. The summed E-state index contributed by atoms with van der Waals surface area (Å²) < 4.78 is 10.3. The van der Waals surface area contributed by atoms with E-state index in [9.17, 15) is 0 Å². The summed E-state index contributed by atoms with van der Waals surface area (Å²) in [7, 11) is 3.30. The average Bonchev–Trinajstić information content (AvgIpc) is 2.48. The molecular weight excluding hydrogens is 240 g/mol. The quantitative estimate of drug-likeness (QED) is 0.864. The van der Waals surface area contributed by atoms with Crippen LogP contribution in [0.1, 0.15) is 11.1 Å². The second-order valence-corrected chi connectivity index (χ2v) is 4.12. The van der Waals surface area contributed by atoms with Crippen LogP contribution in [0.5, 0.6) is 11.6 Å². The number of ether oxygens (including phenoxy) is 2. The molecule has 0 saturated carbocycles. The number of nitrogens with zero attached hydrogens (tertiary/aromatic N) is 1. The van der Waals surface area contributed by atoms with E-state index in [4.69, 9.17) is 9.47 Å². The lowest BCUT2D eigenvalue weighted by atomic mass is 10.2. The Balaban J connectivity index is 1.88. The third-order valence-electron chi connectivity index (χ3n) is 2.84. The van der Waals surface area contributed by atoms with Crippen molar-refractivity contribution < 1.29 is 9.47 Å². The van der Waals surface area contributed by atoms with Gasteiger partial charge in [0.25, 0.3) is 0 Å². The molecule has 2 rings (SSSR count). The lowest BCUT2D eigenvalue weighted by Gasteiger charge is -2.09. The lowest BCUT2D eigenvalue weighted by Crippen LogP contribution is -2.13. The van der Waals surface area contributed by atoms with Crippen LogP contribution in [0.4, 0.5) is 0 Å². The fourth-order valence-corrected chi connectivity index (χ4v) is 1.83. The molecule has 0 bridgehead atoms. The van der Waals surface area contributed by atoms with Gasteiger partial charge in [-0.25, -0.2) is 4.98 Å². The number of para-hydroxylation sites is 1. The molecule has 0 unspecified atom stereocenters. The second-order valence-electron chi connectivity index (χ2n) is 4.12. The first-order chi connectivity index (χ1) is 9.33. The van der Waals surface area contributed by atoms with Crippen molar-refractivity contribution in [3.63, 3.8) is 0 Å². The maximum absolute atomic E-state index is 5.31. The fourth-order valence-electron chi connectivity index (χ4n) is 1.83. The topological polar surface area (TPSA) is 43.4 Å². The molecule has 2 aromatic rings. The van der Waals surface area contributed by atoms with Crippen LogP contribution < -0.4 is 14.8 Å². The lowest BCUT2D eigenvalue weighted by molar-refractivity contribution is 0.397. The van der Waals surface area contributed by atoms with Crippen LogP contribution in [-0.2, 0) is 13.1 Å². The molecule has 1 aromatic carbocycles. The summed E-state index contributed by atoms with van der Waals surface area (Å²) in [6.45, 7) is 1.52. The number of benzene rings is 1. The van der Waals surface area contributed by atoms with E-state index in [0.717, 1.165) is 30.0 Å². The third kappa shape index (κ3) is 3.69. The van der Waals surface area contributed by atoms with Gasteiger partial charge in [-0.15, -0.1) is 0 Å². The van der Waals surface area contributed by atoms with Crippen molar-refractivity contribution >= 4 is 0 Å². The largest absolute Gasteiger partial charge is 0.496 e. The zero-order chi connectivity index (χ0) is 13.5. The molecule has 0 atom stereocenters. The molecular formula is C15H18N2O2. The van der Waals surface area contributed by atoms with Crippen LogP contribution in [0.2, 0.25) is 0 Å². The summed E-state index contributed by atoms with van der Waals surface area (Å²) in [4.78, 5) is 4.17. The molecule has 0 fully saturated rings. The second kappa shape index (κ2) is 6.75. The monoisotopic (exact) mass is 258 g/mol. The van der Waals surface area contributed by atoms with Gasteiger partial charge >= 0.3 is 0 Å². The molecule has 0 aliphatic heterocycles.